The highest BCUT2D eigenvalue weighted by molar-refractivity contribution is 5.59. The van der Waals surface area contributed by atoms with E-state index >= 15 is 0 Å². The van der Waals surface area contributed by atoms with Gasteiger partial charge in [0.25, 0.3) is 0 Å². The Hall–Kier alpha value is -2.03. The van der Waals surface area contributed by atoms with Crippen molar-refractivity contribution >= 4 is 5.69 Å². The fourth-order valence-corrected chi connectivity index (χ4v) is 2.51. The Kier molecular flexibility index (Phi) is 2.89. The second kappa shape index (κ2) is 4.69. The van der Waals surface area contributed by atoms with Crippen molar-refractivity contribution in [3.05, 3.63) is 53.9 Å². The Bertz CT molecular complexity index is 539. The van der Waals surface area contributed by atoms with E-state index in [1.807, 2.05) is 24.4 Å². The van der Waals surface area contributed by atoms with Gasteiger partial charge < -0.3 is 10.1 Å². The van der Waals surface area contributed by atoms with E-state index in [0.717, 1.165) is 24.4 Å². The third kappa shape index (κ3) is 1.92. The fourth-order valence-electron chi connectivity index (χ4n) is 2.51. The van der Waals surface area contributed by atoms with Gasteiger partial charge in [-0.3, -0.25) is 4.98 Å². The van der Waals surface area contributed by atoms with Crippen molar-refractivity contribution in [2.75, 3.05) is 19.0 Å². The van der Waals surface area contributed by atoms with Crippen LogP contribution in [0.4, 0.5) is 5.69 Å². The minimum absolute atomic E-state index is 0.359. The minimum Gasteiger partial charge on any atom is -0.497 e. The molecule has 0 amide bonds. The van der Waals surface area contributed by atoms with Gasteiger partial charge in [0, 0.05) is 30.0 Å². The van der Waals surface area contributed by atoms with E-state index in [4.69, 9.17) is 4.74 Å². The molecule has 92 valence electrons. The smallest absolute Gasteiger partial charge is 0.119 e. The van der Waals surface area contributed by atoms with Gasteiger partial charge in [-0.1, -0.05) is 6.07 Å². The number of nitrogens with one attached hydrogen (secondary N) is 1. The fraction of sp³-hybridized carbons (Fsp3) is 0.267. The Labute approximate surface area is 107 Å². The number of rotatable bonds is 2. The molecule has 0 bridgehead atoms. The van der Waals surface area contributed by atoms with Crippen LogP contribution in [0.25, 0.3) is 0 Å². The van der Waals surface area contributed by atoms with Gasteiger partial charge in [0.15, 0.2) is 0 Å². The summed E-state index contributed by atoms with van der Waals surface area (Å²) < 4.78 is 5.32. The summed E-state index contributed by atoms with van der Waals surface area (Å²) in [6.07, 6.45) is 2.92. The summed E-state index contributed by atoms with van der Waals surface area (Å²) in [6, 6.07) is 12.3. The number of anilines is 1. The van der Waals surface area contributed by atoms with Crippen LogP contribution in [-0.2, 0) is 0 Å². The van der Waals surface area contributed by atoms with Crippen LogP contribution in [0.3, 0.4) is 0 Å². The maximum atomic E-state index is 5.32. The Morgan fingerprint density at radius 2 is 2.22 bits per heavy atom. The molecule has 0 radical (unpaired) electrons. The van der Waals surface area contributed by atoms with Crippen LogP contribution in [0.5, 0.6) is 5.75 Å². The first-order valence-corrected chi connectivity index (χ1v) is 6.21. The Morgan fingerprint density at radius 3 is 3.00 bits per heavy atom. The zero-order valence-electron chi connectivity index (χ0n) is 10.4. The quantitative estimate of drug-likeness (QED) is 0.876. The number of hydrogen-bond acceptors (Lipinski definition) is 3. The number of ether oxygens (including phenoxy) is 1. The maximum absolute atomic E-state index is 5.32. The van der Waals surface area contributed by atoms with Gasteiger partial charge in [0.05, 0.1) is 7.11 Å². The van der Waals surface area contributed by atoms with Gasteiger partial charge in [-0.25, -0.2) is 0 Å². The third-order valence-corrected chi connectivity index (χ3v) is 3.43. The SMILES string of the molecule is COc1ccc2c(c1)C(c1ccccn1)CCN2. The molecule has 1 aromatic heterocycles. The molecular weight excluding hydrogens is 224 g/mol. The number of hydrogen-bond donors (Lipinski definition) is 1. The molecule has 1 atom stereocenters. The summed E-state index contributed by atoms with van der Waals surface area (Å²) in [6.45, 7) is 0.987. The number of fused-ring (bicyclic) bond motifs is 1. The molecule has 1 unspecified atom stereocenters. The Balaban J connectivity index is 2.05. The highest BCUT2D eigenvalue weighted by atomic mass is 16.5. The molecule has 2 heterocycles. The van der Waals surface area contributed by atoms with Crippen LogP contribution in [0.15, 0.2) is 42.6 Å². The summed E-state index contributed by atoms with van der Waals surface area (Å²) in [5.41, 5.74) is 3.60. The predicted molar refractivity (Wildman–Crippen MR) is 72.2 cm³/mol. The average molecular weight is 240 g/mol. The molecule has 1 aromatic carbocycles. The summed E-state index contributed by atoms with van der Waals surface area (Å²) in [5.74, 6) is 1.26. The van der Waals surface area contributed by atoms with E-state index < -0.39 is 0 Å². The molecule has 0 saturated heterocycles. The molecule has 0 fully saturated rings. The second-order valence-corrected chi connectivity index (χ2v) is 4.48. The highest BCUT2D eigenvalue weighted by Gasteiger charge is 2.22. The van der Waals surface area contributed by atoms with Crippen LogP contribution in [0, 0.1) is 0 Å². The van der Waals surface area contributed by atoms with Gasteiger partial charge in [0.2, 0.25) is 0 Å². The van der Waals surface area contributed by atoms with Crippen LogP contribution >= 0.6 is 0 Å². The average Bonchev–Trinajstić information content (AvgIpc) is 2.47. The molecular formula is C15H16N2O. The lowest BCUT2D eigenvalue weighted by Crippen LogP contribution is -2.18. The second-order valence-electron chi connectivity index (χ2n) is 4.48. The highest BCUT2D eigenvalue weighted by Crippen LogP contribution is 2.37. The number of nitrogens with zero attached hydrogens (tertiary/aromatic N) is 1. The van der Waals surface area contributed by atoms with Gasteiger partial charge in [-0.15, -0.1) is 0 Å². The molecule has 1 N–H and O–H groups in total. The van der Waals surface area contributed by atoms with Gasteiger partial charge >= 0.3 is 0 Å². The van der Waals surface area contributed by atoms with Crippen LogP contribution in [0.2, 0.25) is 0 Å². The lowest BCUT2D eigenvalue weighted by Gasteiger charge is -2.26. The van der Waals surface area contributed by atoms with E-state index in [2.05, 4.69) is 28.5 Å². The number of aromatic nitrogens is 1. The number of methoxy groups -OCH3 is 1. The first-order chi connectivity index (χ1) is 8.88. The van der Waals surface area contributed by atoms with Crippen molar-refractivity contribution in [2.45, 2.75) is 12.3 Å². The molecule has 3 rings (SSSR count). The van der Waals surface area contributed by atoms with Gasteiger partial charge in [-0.05, 0) is 42.3 Å². The first kappa shape index (κ1) is 11.1. The first-order valence-electron chi connectivity index (χ1n) is 6.21. The molecule has 18 heavy (non-hydrogen) atoms. The molecule has 1 aliphatic heterocycles. The third-order valence-electron chi connectivity index (χ3n) is 3.43. The van der Waals surface area contributed by atoms with Crippen molar-refractivity contribution in [2.24, 2.45) is 0 Å². The van der Waals surface area contributed by atoms with E-state index in [9.17, 15) is 0 Å². The lowest BCUT2D eigenvalue weighted by molar-refractivity contribution is 0.414. The van der Waals surface area contributed by atoms with Crippen molar-refractivity contribution in [3.8, 4) is 5.75 Å². The number of pyridine rings is 1. The van der Waals surface area contributed by atoms with Crippen LogP contribution in [0.1, 0.15) is 23.6 Å². The minimum atomic E-state index is 0.359. The van der Waals surface area contributed by atoms with E-state index in [-0.39, 0.29) is 0 Å². The monoisotopic (exact) mass is 240 g/mol. The zero-order valence-corrected chi connectivity index (χ0v) is 10.4. The van der Waals surface area contributed by atoms with Crippen molar-refractivity contribution < 1.29 is 4.74 Å². The predicted octanol–water partition coefficient (Wildman–Crippen LogP) is 3.04. The summed E-state index contributed by atoms with van der Waals surface area (Å²) >= 11 is 0. The summed E-state index contributed by atoms with van der Waals surface area (Å²) in [7, 11) is 1.70. The van der Waals surface area contributed by atoms with Crippen LogP contribution in [-0.4, -0.2) is 18.6 Å². The number of benzene rings is 1. The normalized spacial score (nSPS) is 17.7. The molecule has 1 aliphatic rings. The van der Waals surface area contributed by atoms with Crippen LogP contribution < -0.4 is 10.1 Å². The van der Waals surface area contributed by atoms with Crippen molar-refractivity contribution in [1.82, 2.24) is 4.98 Å². The zero-order chi connectivity index (χ0) is 12.4. The molecule has 0 aliphatic carbocycles. The standard InChI is InChI=1S/C15H16N2O/c1-18-11-5-6-15-13(10-11)12(7-9-17-15)14-4-2-3-8-16-14/h2-6,8,10,12,17H,7,9H2,1H3. The summed E-state index contributed by atoms with van der Waals surface area (Å²) in [4.78, 5) is 4.49. The topological polar surface area (TPSA) is 34.1 Å². The van der Waals surface area contributed by atoms with Crippen molar-refractivity contribution in [3.63, 3.8) is 0 Å². The molecule has 2 aromatic rings. The van der Waals surface area contributed by atoms with E-state index in [1.165, 1.54) is 11.3 Å². The maximum Gasteiger partial charge on any atom is 0.119 e. The largest absolute Gasteiger partial charge is 0.497 e. The van der Waals surface area contributed by atoms with Crippen molar-refractivity contribution in [1.29, 1.82) is 0 Å². The Morgan fingerprint density at radius 1 is 1.28 bits per heavy atom. The van der Waals surface area contributed by atoms with Gasteiger partial charge in [-0.2, -0.15) is 0 Å². The van der Waals surface area contributed by atoms with E-state index in [0.29, 0.717) is 5.92 Å². The molecule has 3 nitrogen and oxygen atoms in total. The summed E-state index contributed by atoms with van der Waals surface area (Å²) in [5, 5.41) is 3.43. The lowest BCUT2D eigenvalue weighted by atomic mass is 9.88. The molecule has 0 saturated carbocycles. The molecule has 3 heteroatoms. The molecule has 0 spiro atoms. The van der Waals surface area contributed by atoms with E-state index in [1.54, 1.807) is 7.11 Å². The van der Waals surface area contributed by atoms with Gasteiger partial charge in [0.1, 0.15) is 5.75 Å².